The molecule has 47 valence electrons. The largest absolute Gasteiger partial charge is 0.375 e. The van der Waals surface area contributed by atoms with Gasteiger partial charge in [-0.1, -0.05) is 6.92 Å². The second-order valence-corrected chi connectivity index (χ2v) is 2.21. The average Bonchev–Trinajstić information content (AvgIpc) is 1.66. The van der Waals surface area contributed by atoms with Gasteiger partial charge in [-0.2, -0.15) is 0 Å². The maximum absolute atomic E-state index is 10.2. The normalized spacial score (nSPS) is 36.8. The summed E-state index contributed by atoms with van der Waals surface area (Å²) in [6, 6.07) is 0. The van der Waals surface area contributed by atoms with E-state index in [0.717, 1.165) is 13.0 Å². The van der Waals surface area contributed by atoms with Crippen molar-refractivity contribution in [2.24, 2.45) is 5.92 Å². The first-order chi connectivity index (χ1) is 3.88. The molecule has 8 heavy (non-hydrogen) atoms. The Bertz CT molecular complexity index is 58.9. The minimum absolute atomic E-state index is 0.0417. The van der Waals surface area contributed by atoms with Gasteiger partial charge in [0.1, 0.15) is 6.61 Å². The number of hydrogen-bond donors (Lipinski definition) is 0. The van der Waals surface area contributed by atoms with Gasteiger partial charge in [0, 0.05) is 5.92 Å². The van der Waals surface area contributed by atoms with E-state index in [0.29, 0.717) is 5.92 Å². The van der Waals surface area contributed by atoms with Crippen molar-refractivity contribution in [1.29, 1.82) is 0 Å². The highest BCUT2D eigenvalue weighted by molar-refractivity contribution is 4.75. The molecular weight excluding hydrogens is 104 g/mol. The van der Waals surface area contributed by atoms with Gasteiger partial charge in [0.15, 0.2) is 0 Å². The van der Waals surface area contributed by atoms with Crippen LogP contribution in [-0.2, 0) is 9.84 Å². The summed E-state index contributed by atoms with van der Waals surface area (Å²) < 4.78 is 4.97. The molecule has 1 heterocycles. The fraction of sp³-hybridized carbons (Fsp3) is 1.00. The summed E-state index contributed by atoms with van der Waals surface area (Å²) in [6.07, 6.45) is 1.13. The van der Waals surface area contributed by atoms with Crippen LogP contribution < -0.4 is 0 Å². The van der Waals surface area contributed by atoms with Crippen molar-refractivity contribution in [2.45, 2.75) is 19.4 Å². The molecule has 1 aliphatic heterocycles. The minimum Gasteiger partial charge on any atom is -0.375 e. The molecule has 2 nitrogen and oxygen atoms in total. The van der Waals surface area contributed by atoms with Crippen molar-refractivity contribution < 1.29 is 9.84 Å². The molecule has 1 saturated heterocycles. The van der Waals surface area contributed by atoms with Crippen LogP contribution in [0.1, 0.15) is 13.3 Å². The van der Waals surface area contributed by atoms with Crippen molar-refractivity contribution in [3.8, 4) is 0 Å². The van der Waals surface area contributed by atoms with E-state index in [9.17, 15) is 5.11 Å². The predicted octanol–water partition coefficient (Wildman–Crippen LogP) is 0.842. The SMILES string of the molecule is CCC1COC1C[O]. The van der Waals surface area contributed by atoms with Crippen LogP contribution in [-0.4, -0.2) is 19.3 Å². The Balaban J connectivity index is 2.16. The first-order valence-corrected chi connectivity index (χ1v) is 3.08. The topological polar surface area (TPSA) is 29.1 Å². The molecule has 1 rings (SSSR count). The maximum atomic E-state index is 10.2. The zero-order valence-electron chi connectivity index (χ0n) is 5.09. The van der Waals surface area contributed by atoms with E-state index >= 15 is 0 Å². The highest BCUT2D eigenvalue weighted by atomic mass is 16.5. The van der Waals surface area contributed by atoms with E-state index in [1.807, 2.05) is 0 Å². The second-order valence-electron chi connectivity index (χ2n) is 2.21. The molecular formula is C6H11O2. The van der Waals surface area contributed by atoms with Crippen LogP contribution in [0, 0.1) is 5.92 Å². The van der Waals surface area contributed by atoms with Crippen molar-refractivity contribution in [1.82, 2.24) is 0 Å². The summed E-state index contributed by atoms with van der Waals surface area (Å²) >= 11 is 0. The van der Waals surface area contributed by atoms with E-state index in [4.69, 9.17) is 4.74 Å². The highest BCUT2D eigenvalue weighted by Crippen LogP contribution is 2.22. The summed E-state index contributed by atoms with van der Waals surface area (Å²) in [7, 11) is 0. The molecule has 0 spiro atoms. The van der Waals surface area contributed by atoms with E-state index in [1.165, 1.54) is 0 Å². The smallest absolute Gasteiger partial charge is 0.109 e. The fourth-order valence-electron chi connectivity index (χ4n) is 0.933. The summed E-state index contributed by atoms with van der Waals surface area (Å²) in [4.78, 5) is 0. The molecule has 2 unspecified atom stereocenters. The van der Waals surface area contributed by atoms with E-state index in [-0.39, 0.29) is 12.7 Å². The molecule has 0 aromatic heterocycles. The summed E-state index contributed by atoms with van der Waals surface area (Å²) in [5.41, 5.74) is 0. The van der Waals surface area contributed by atoms with Gasteiger partial charge < -0.3 is 4.74 Å². The Kier molecular flexibility index (Phi) is 1.86. The van der Waals surface area contributed by atoms with Crippen LogP contribution in [0.3, 0.4) is 0 Å². The van der Waals surface area contributed by atoms with Gasteiger partial charge in [0.25, 0.3) is 0 Å². The Morgan fingerprint density at radius 3 is 2.62 bits per heavy atom. The van der Waals surface area contributed by atoms with Gasteiger partial charge in [-0.25, -0.2) is 5.11 Å². The van der Waals surface area contributed by atoms with Gasteiger partial charge in [0.2, 0.25) is 0 Å². The third-order valence-electron chi connectivity index (χ3n) is 1.74. The molecule has 1 fully saturated rings. The second kappa shape index (κ2) is 2.46. The van der Waals surface area contributed by atoms with Crippen molar-refractivity contribution in [3.05, 3.63) is 0 Å². The molecule has 1 aliphatic rings. The van der Waals surface area contributed by atoms with Gasteiger partial charge in [-0.15, -0.1) is 0 Å². The first-order valence-electron chi connectivity index (χ1n) is 3.08. The quantitative estimate of drug-likeness (QED) is 0.524. The average molecular weight is 115 g/mol. The zero-order valence-corrected chi connectivity index (χ0v) is 5.09. The molecule has 0 aromatic carbocycles. The third-order valence-corrected chi connectivity index (χ3v) is 1.74. The van der Waals surface area contributed by atoms with Crippen LogP contribution in [0.4, 0.5) is 0 Å². The lowest BCUT2D eigenvalue weighted by Gasteiger charge is -2.33. The van der Waals surface area contributed by atoms with E-state index in [1.54, 1.807) is 0 Å². The summed E-state index contributed by atoms with van der Waals surface area (Å²) in [5.74, 6) is 0.562. The maximum Gasteiger partial charge on any atom is 0.109 e. The van der Waals surface area contributed by atoms with Crippen LogP contribution in [0.2, 0.25) is 0 Å². The fourth-order valence-corrected chi connectivity index (χ4v) is 0.933. The summed E-state index contributed by atoms with van der Waals surface area (Å²) in [6.45, 7) is 2.85. The monoisotopic (exact) mass is 115 g/mol. The lowest BCUT2D eigenvalue weighted by molar-refractivity contribution is -0.146. The van der Waals surface area contributed by atoms with Crippen LogP contribution in [0.15, 0.2) is 0 Å². The Labute approximate surface area is 49.5 Å². The molecule has 0 amide bonds. The first kappa shape index (κ1) is 6.05. The molecule has 0 N–H and O–H groups in total. The Hall–Kier alpha value is -0.0800. The van der Waals surface area contributed by atoms with Crippen LogP contribution in [0.5, 0.6) is 0 Å². The molecule has 1 radical (unpaired) electrons. The Morgan fingerprint density at radius 2 is 2.50 bits per heavy atom. The van der Waals surface area contributed by atoms with Crippen molar-refractivity contribution in [2.75, 3.05) is 13.2 Å². The molecule has 2 atom stereocenters. The predicted molar refractivity (Wildman–Crippen MR) is 29.1 cm³/mol. The molecule has 0 bridgehead atoms. The van der Waals surface area contributed by atoms with Gasteiger partial charge in [-0.05, 0) is 6.42 Å². The number of hydrogen-bond acceptors (Lipinski definition) is 1. The molecule has 0 aromatic rings. The van der Waals surface area contributed by atoms with Gasteiger partial charge >= 0.3 is 0 Å². The lowest BCUT2D eigenvalue weighted by atomic mass is 9.96. The third kappa shape index (κ3) is 0.858. The molecule has 2 heteroatoms. The molecule has 0 saturated carbocycles. The Morgan fingerprint density at radius 1 is 1.75 bits per heavy atom. The minimum atomic E-state index is -0.0570. The summed E-state index contributed by atoms with van der Waals surface area (Å²) in [5, 5.41) is 10.2. The number of rotatable bonds is 2. The van der Waals surface area contributed by atoms with Crippen LogP contribution >= 0.6 is 0 Å². The van der Waals surface area contributed by atoms with Crippen molar-refractivity contribution in [3.63, 3.8) is 0 Å². The van der Waals surface area contributed by atoms with E-state index in [2.05, 4.69) is 6.92 Å². The number of ether oxygens (including phenoxy) is 1. The highest BCUT2D eigenvalue weighted by Gasteiger charge is 2.29. The van der Waals surface area contributed by atoms with E-state index < -0.39 is 0 Å². The zero-order chi connectivity index (χ0) is 5.98. The van der Waals surface area contributed by atoms with Gasteiger partial charge in [-0.3, -0.25) is 0 Å². The standard InChI is InChI=1S/C6H11O2/c1-2-5-4-8-6(5)3-7/h5-6H,2-4H2,1H3. The lowest BCUT2D eigenvalue weighted by Crippen LogP contribution is -2.41. The van der Waals surface area contributed by atoms with Crippen LogP contribution in [0.25, 0.3) is 0 Å². The van der Waals surface area contributed by atoms with Crippen molar-refractivity contribution >= 4 is 0 Å². The van der Waals surface area contributed by atoms with Gasteiger partial charge in [0.05, 0.1) is 12.7 Å². The molecule has 0 aliphatic carbocycles.